The average molecular weight is 308 g/mol. The molecule has 2 nitrogen and oxygen atoms in total. The third kappa shape index (κ3) is 3.17. The predicted molar refractivity (Wildman–Crippen MR) is 74.0 cm³/mol. The SMILES string of the molecule is Clc1cccc(Nc2nc(Cl)c(Cl)cc2Cl)c1. The first-order chi connectivity index (χ1) is 8.06. The Labute approximate surface area is 118 Å². The zero-order valence-corrected chi connectivity index (χ0v) is 11.4. The summed E-state index contributed by atoms with van der Waals surface area (Å²) < 4.78 is 0. The highest BCUT2D eigenvalue weighted by Crippen LogP contribution is 2.31. The molecule has 0 amide bonds. The summed E-state index contributed by atoms with van der Waals surface area (Å²) in [6.45, 7) is 0. The lowest BCUT2D eigenvalue weighted by Gasteiger charge is -2.08. The van der Waals surface area contributed by atoms with Gasteiger partial charge in [-0.2, -0.15) is 0 Å². The summed E-state index contributed by atoms with van der Waals surface area (Å²) in [6.07, 6.45) is 0. The van der Waals surface area contributed by atoms with Gasteiger partial charge in [0.15, 0.2) is 5.82 Å². The first-order valence-corrected chi connectivity index (χ1v) is 6.11. The monoisotopic (exact) mass is 306 g/mol. The van der Waals surface area contributed by atoms with Crippen molar-refractivity contribution < 1.29 is 0 Å². The molecule has 2 rings (SSSR count). The molecule has 0 aliphatic carbocycles. The van der Waals surface area contributed by atoms with E-state index in [-0.39, 0.29) is 5.15 Å². The molecule has 0 unspecified atom stereocenters. The fourth-order valence-corrected chi connectivity index (χ4v) is 1.97. The molecular weight excluding hydrogens is 302 g/mol. The van der Waals surface area contributed by atoms with Gasteiger partial charge in [-0.15, -0.1) is 0 Å². The van der Waals surface area contributed by atoms with Crippen LogP contribution in [0.25, 0.3) is 0 Å². The number of anilines is 2. The molecule has 88 valence electrons. The predicted octanol–water partition coefficient (Wildman–Crippen LogP) is 5.44. The Morgan fingerprint density at radius 2 is 1.71 bits per heavy atom. The van der Waals surface area contributed by atoms with Gasteiger partial charge >= 0.3 is 0 Å². The van der Waals surface area contributed by atoms with Gasteiger partial charge in [0.1, 0.15) is 5.15 Å². The average Bonchev–Trinajstić information content (AvgIpc) is 2.26. The number of aromatic nitrogens is 1. The molecule has 0 spiro atoms. The van der Waals surface area contributed by atoms with E-state index in [0.29, 0.717) is 20.9 Å². The molecule has 0 aliphatic heterocycles. The Kier molecular flexibility index (Phi) is 4.00. The van der Waals surface area contributed by atoms with Crippen molar-refractivity contribution in [3.63, 3.8) is 0 Å². The van der Waals surface area contributed by atoms with E-state index in [0.717, 1.165) is 5.69 Å². The third-order valence-electron chi connectivity index (χ3n) is 1.97. The quantitative estimate of drug-likeness (QED) is 0.747. The van der Waals surface area contributed by atoms with Crippen molar-refractivity contribution in [2.75, 3.05) is 5.32 Å². The summed E-state index contributed by atoms with van der Waals surface area (Å²) in [5, 5.41) is 4.52. The van der Waals surface area contributed by atoms with E-state index in [1.807, 2.05) is 12.1 Å². The minimum Gasteiger partial charge on any atom is -0.339 e. The third-order valence-corrected chi connectivity index (χ3v) is 3.17. The minimum atomic E-state index is 0.195. The second-order valence-corrected chi connectivity index (χ2v) is 4.84. The zero-order valence-electron chi connectivity index (χ0n) is 8.35. The smallest absolute Gasteiger partial charge is 0.151 e. The summed E-state index contributed by atoms with van der Waals surface area (Å²) in [4.78, 5) is 4.04. The molecule has 6 heteroatoms. The van der Waals surface area contributed by atoms with E-state index in [1.54, 1.807) is 12.1 Å². The van der Waals surface area contributed by atoms with Crippen LogP contribution in [-0.4, -0.2) is 4.98 Å². The lowest BCUT2D eigenvalue weighted by molar-refractivity contribution is 1.31. The van der Waals surface area contributed by atoms with Crippen molar-refractivity contribution in [3.8, 4) is 0 Å². The molecule has 0 bridgehead atoms. The molecule has 1 heterocycles. The first-order valence-electron chi connectivity index (χ1n) is 4.60. The van der Waals surface area contributed by atoms with Gasteiger partial charge in [-0.05, 0) is 24.3 Å². The van der Waals surface area contributed by atoms with Gasteiger partial charge < -0.3 is 5.32 Å². The molecule has 0 radical (unpaired) electrons. The van der Waals surface area contributed by atoms with Crippen LogP contribution in [-0.2, 0) is 0 Å². The van der Waals surface area contributed by atoms with Gasteiger partial charge in [0.05, 0.1) is 10.0 Å². The van der Waals surface area contributed by atoms with Crippen LogP contribution in [0.3, 0.4) is 0 Å². The first kappa shape index (κ1) is 12.8. The van der Waals surface area contributed by atoms with E-state index in [1.165, 1.54) is 6.07 Å². The van der Waals surface area contributed by atoms with E-state index in [9.17, 15) is 0 Å². The number of rotatable bonds is 2. The van der Waals surface area contributed by atoms with Crippen molar-refractivity contribution in [2.45, 2.75) is 0 Å². The number of pyridine rings is 1. The van der Waals surface area contributed by atoms with Gasteiger partial charge in [0.25, 0.3) is 0 Å². The molecule has 2 aromatic rings. The topological polar surface area (TPSA) is 24.9 Å². The summed E-state index contributed by atoms with van der Waals surface area (Å²) in [5.41, 5.74) is 0.769. The van der Waals surface area contributed by atoms with Crippen LogP contribution in [0.5, 0.6) is 0 Å². The number of hydrogen-bond acceptors (Lipinski definition) is 2. The second-order valence-electron chi connectivity index (χ2n) is 3.23. The van der Waals surface area contributed by atoms with E-state index in [2.05, 4.69) is 10.3 Å². The van der Waals surface area contributed by atoms with E-state index < -0.39 is 0 Å². The number of benzene rings is 1. The van der Waals surface area contributed by atoms with Crippen LogP contribution < -0.4 is 5.32 Å². The van der Waals surface area contributed by atoms with Crippen molar-refractivity contribution in [1.82, 2.24) is 4.98 Å². The maximum absolute atomic E-state index is 5.99. The Morgan fingerprint density at radius 1 is 0.941 bits per heavy atom. The number of nitrogens with one attached hydrogen (secondary N) is 1. The van der Waals surface area contributed by atoms with Crippen LogP contribution >= 0.6 is 46.4 Å². The standard InChI is InChI=1S/C11H6Cl4N2/c12-6-2-1-3-7(4-6)16-11-9(14)5-8(13)10(15)17-11/h1-5H,(H,16,17). The Hall–Kier alpha value is -0.670. The normalized spacial score (nSPS) is 10.4. The maximum Gasteiger partial charge on any atom is 0.151 e. The van der Waals surface area contributed by atoms with Gasteiger partial charge in [-0.3, -0.25) is 0 Å². The highest BCUT2D eigenvalue weighted by molar-refractivity contribution is 6.43. The van der Waals surface area contributed by atoms with Gasteiger partial charge in [-0.1, -0.05) is 52.5 Å². The lowest BCUT2D eigenvalue weighted by Crippen LogP contribution is -1.95. The highest BCUT2D eigenvalue weighted by Gasteiger charge is 2.08. The Balaban J connectivity index is 2.33. The fraction of sp³-hybridized carbons (Fsp3) is 0. The molecule has 0 saturated heterocycles. The number of halogens is 4. The van der Waals surface area contributed by atoms with Gasteiger partial charge in [-0.25, -0.2) is 4.98 Å². The second kappa shape index (κ2) is 5.32. The minimum absolute atomic E-state index is 0.195. The largest absolute Gasteiger partial charge is 0.339 e. The number of nitrogens with zero attached hydrogens (tertiary/aromatic N) is 1. The van der Waals surface area contributed by atoms with Crippen LogP contribution in [0.2, 0.25) is 20.2 Å². The van der Waals surface area contributed by atoms with E-state index >= 15 is 0 Å². The van der Waals surface area contributed by atoms with Crippen molar-refractivity contribution in [3.05, 3.63) is 50.6 Å². The molecular formula is C11H6Cl4N2. The molecule has 0 saturated carbocycles. The highest BCUT2D eigenvalue weighted by atomic mass is 35.5. The zero-order chi connectivity index (χ0) is 12.4. The summed E-state index contributed by atoms with van der Waals surface area (Å²) in [5.74, 6) is 0.434. The van der Waals surface area contributed by atoms with Crippen LogP contribution in [0.15, 0.2) is 30.3 Å². The lowest BCUT2D eigenvalue weighted by atomic mass is 10.3. The maximum atomic E-state index is 5.99. The Bertz CT molecular complexity index is 557. The van der Waals surface area contributed by atoms with Crippen LogP contribution in [0, 0.1) is 0 Å². The molecule has 0 fully saturated rings. The van der Waals surface area contributed by atoms with Gasteiger partial charge in [0.2, 0.25) is 0 Å². The molecule has 1 aromatic carbocycles. The Morgan fingerprint density at radius 3 is 2.41 bits per heavy atom. The summed E-state index contributed by atoms with van der Waals surface area (Å²) in [6, 6.07) is 8.71. The summed E-state index contributed by atoms with van der Waals surface area (Å²) in [7, 11) is 0. The van der Waals surface area contributed by atoms with Crippen LogP contribution in [0.4, 0.5) is 11.5 Å². The van der Waals surface area contributed by atoms with Crippen molar-refractivity contribution in [1.29, 1.82) is 0 Å². The summed E-state index contributed by atoms with van der Waals surface area (Å²) >= 11 is 23.5. The van der Waals surface area contributed by atoms with E-state index in [4.69, 9.17) is 46.4 Å². The van der Waals surface area contributed by atoms with Crippen molar-refractivity contribution >= 4 is 57.9 Å². The fourth-order valence-electron chi connectivity index (χ4n) is 1.23. The molecule has 0 atom stereocenters. The van der Waals surface area contributed by atoms with Crippen LogP contribution in [0.1, 0.15) is 0 Å². The molecule has 17 heavy (non-hydrogen) atoms. The molecule has 1 aromatic heterocycles. The molecule has 1 N–H and O–H groups in total. The molecule has 0 aliphatic rings. The van der Waals surface area contributed by atoms with Crippen molar-refractivity contribution in [2.24, 2.45) is 0 Å². The van der Waals surface area contributed by atoms with Gasteiger partial charge in [0, 0.05) is 10.7 Å². The number of hydrogen-bond donors (Lipinski definition) is 1.